The van der Waals surface area contributed by atoms with E-state index in [0.29, 0.717) is 6.42 Å². The van der Waals surface area contributed by atoms with Crippen LogP contribution in [0.5, 0.6) is 0 Å². The molecule has 0 unspecified atom stereocenters. The summed E-state index contributed by atoms with van der Waals surface area (Å²) in [5.74, 6) is -1.49. The van der Waals surface area contributed by atoms with Crippen molar-refractivity contribution in [2.24, 2.45) is 5.92 Å². The molecule has 19 heavy (non-hydrogen) atoms. The molecule has 6 heteroatoms. The average molecular weight is 264 g/mol. The maximum atomic E-state index is 11.9. The van der Waals surface area contributed by atoms with Crippen LogP contribution in [0.4, 0.5) is 5.69 Å². The zero-order valence-corrected chi connectivity index (χ0v) is 11.1. The van der Waals surface area contributed by atoms with Crippen LogP contribution < -0.4 is 4.90 Å². The Hall–Kier alpha value is -2.11. The van der Waals surface area contributed by atoms with Gasteiger partial charge in [0, 0.05) is 19.7 Å². The number of rotatable bonds is 2. The molecule has 0 fully saturated rings. The summed E-state index contributed by atoms with van der Waals surface area (Å²) in [6, 6.07) is 2.97. The summed E-state index contributed by atoms with van der Waals surface area (Å²) >= 11 is 0. The molecule has 1 aromatic rings. The van der Waals surface area contributed by atoms with Crippen LogP contribution in [0.25, 0.3) is 0 Å². The summed E-state index contributed by atoms with van der Waals surface area (Å²) in [5.41, 5.74) is 1.61. The second-order valence-electron chi connectivity index (χ2n) is 4.38. The minimum Gasteiger partial charge on any atom is -0.469 e. The number of methoxy groups -OCH3 is 2. The maximum Gasteiger partial charge on any atom is 0.329 e. The highest BCUT2D eigenvalue weighted by Crippen LogP contribution is 2.32. The third kappa shape index (κ3) is 2.25. The van der Waals surface area contributed by atoms with Gasteiger partial charge in [-0.3, -0.25) is 9.78 Å². The van der Waals surface area contributed by atoms with E-state index >= 15 is 0 Å². The molecule has 2 rings (SSSR count). The van der Waals surface area contributed by atoms with Gasteiger partial charge in [-0.2, -0.15) is 0 Å². The standard InChI is InChI=1S/C13H16N2O4/c1-15-10-5-4-6-14-9(10)7-8(12(16)18-2)11(15)13(17)19-3/h4-6,8,11H,7H2,1-3H3/t8-,11-/m0/s1. The molecule has 0 saturated heterocycles. The zero-order chi connectivity index (χ0) is 14.0. The van der Waals surface area contributed by atoms with Crippen LogP contribution in [0, 0.1) is 5.92 Å². The van der Waals surface area contributed by atoms with E-state index in [9.17, 15) is 9.59 Å². The van der Waals surface area contributed by atoms with Crippen molar-refractivity contribution in [1.29, 1.82) is 0 Å². The first kappa shape index (κ1) is 13.3. The number of nitrogens with zero attached hydrogens (tertiary/aromatic N) is 2. The Kier molecular flexibility index (Phi) is 3.69. The summed E-state index contributed by atoms with van der Waals surface area (Å²) in [6.45, 7) is 0. The van der Waals surface area contributed by atoms with E-state index in [4.69, 9.17) is 9.47 Å². The molecular weight excluding hydrogens is 248 g/mol. The third-order valence-corrected chi connectivity index (χ3v) is 3.40. The highest BCUT2D eigenvalue weighted by atomic mass is 16.5. The van der Waals surface area contributed by atoms with Gasteiger partial charge in [-0.25, -0.2) is 4.79 Å². The number of carbonyl (C=O) groups excluding carboxylic acids is 2. The van der Waals surface area contributed by atoms with Gasteiger partial charge in [0.2, 0.25) is 0 Å². The van der Waals surface area contributed by atoms with Crippen LogP contribution in [0.2, 0.25) is 0 Å². The van der Waals surface area contributed by atoms with E-state index in [2.05, 4.69) is 4.98 Å². The summed E-state index contributed by atoms with van der Waals surface area (Å²) in [7, 11) is 4.37. The number of aromatic nitrogens is 1. The predicted octanol–water partition coefficient (Wildman–Crippen LogP) is 0.405. The molecule has 1 aromatic heterocycles. The van der Waals surface area contributed by atoms with Crippen LogP contribution in [0.15, 0.2) is 18.3 Å². The quantitative estimate of drug-likeness (QED) is 0.720. The van der Waals surface area contributed by atoms with E-state index in [1.54, 1.807) is 24.2 Å². The molecule has 0 bridgehead atoms. The van der Waals surface area contributed by atoms with Crippen molar-refractivity contribution >= 4 is 17.6 Å². The number of hydrogen-bond donors (Lipinski definition) is 0. The van der Waals surface area contributed by atoms with Gasteiger partial charge in [0.1, 0.15) is 6.04 Å². The fourth-order valence-corrected chi connectivity index (χ4v) is 2.45. The summed E-state index contributed by atoms with van der Waals surface area (Å²) in [4.78, 5) is 29.8. The van der Waals surface area contributed by atoms with E-state index in [0.717, 1.165) is 11.4 Å². The molecule has 102 valence electrons. The summed E-state index contributed by atoms with van der Waals surface area (Å²) < 4.78 is 9.57. The van der Waals surface area contributed by atoms with Crippen molar-refractivity contribution in [1.82, 2.24) is 4.98 Å². The molecule has 1 aliphatic rings. The summed E-state index contributed by atoms with van der Waals surface area (Å²) in [6.07, 6.45) is 2.03. The first-order valence-corrected chi connectivity index (χ1v) is 5.92. The van der Waals surface area contributed by atoms with Gasteiger partial charge in [0.05, 0.1) is 31.5 Å². The predicted molar refractivity (Wildman–Crippen MR) is 67.7 cm³/mol. The second kappa shape index (κ2) is 5.26. The minimum atomic E-state index is -0.686. The second-order valence-corrected chi connectivity index (χ2v) is 4.38. The molecule has 0 aromatic carbocycles. The third-order valence-electron chi connectivity index (χ3n) is 3.40. The van der Waals surface area contributed by atoms with Gasteiger partial charge < -0.3 is 14.4 Å². The maximum absolute atomic E-state index is 11.9. The van der Waals surface area contributed by atoms with E-state index in [1.807, 2.05) is 6.07 Å². The SMILES string of the molecule is COC(=O)[C@H]1Cc2ncccc2N(C)[C@@H]1C(=O)OC. The molecule has 2 atom stereocenters. The van der Waals surface area contributed by atoms with Crippen molar-refractivity contribution in [2.45, 2.75) is 12.5 Å². The van der Waals surface area contributed by atoms with Crippen LogP contribution in [-0.2, 0) is 25.5 Å². The van der Waals surface area contributed by atoms with Crippen molar-refractivity contribution in [3.8, 4) is 0 Å². The van der Waals surface area contributed by atoms with Crippen molar-refractivity contribution in [3.63, 3.8) is 0 Å². The molecule has 0 saturated carbocycles. The first-order chi connectivity index (χ1) is 9.10. The highest BCUT2D eigenvalue weighted by molar-refractivity contribution is 5.89. The monoisotopic (exact) mass is 264 g/mol. The molecule has 0 amide bonds. The van der Waals surface area contributed by atoms with Gasteiger partial charge in [-0.05, 0) is 12.1 Å². The lowest BCUT2D eigenvalue weighted by molar-refractivity contribution is -0.154. The van der Waals surface area contributed by atoms with Crippen molar-refractivity contribution in [3.05, 3.63) is 24.0 Å². The van der Waals surface area contributed by atoms with Crippen molar-refractivity contribution < 1.29 is 19.1 Å². The fraction of sp³-hybridized carbons (Fsp3) is 0.462. The fourth-order valence-electron chi connectivity index (χ4n) is 2.45. The largest absolute Gasteiger partial charge is 0.469 e. The van der Waals surface area contributed by atoms with Crippen LogP contribution in [0.1, 0.15) is 5.69 Å². The van der Waals surface area contributed by atoms with Gasteiger partial charge in [0.15, 0.2) is 0 Å². The Morgan fingerprint density at radius 1 is 1.32 bits per heavy atom. The van der Waals surface area contributed by atoms with Gasteiger partial charge >= 0.3 is 11.9 Å². The Morgan fingerprint density at radius 3 is 2.63 bits per heavy atom. The normalized spacial score (nSPS) is 21.5. The number of carbonyl (C=O) groups is 2. The van der Waals surface area contributed by atoms with Gasteiger partial charge in [-0.15, -0.1) is 0 Å². The number of ether oxygens (including phenoxy) is 2. The molecule has 2 heterocycles. The van der Waals surface area contributed by atoms with Crippen LogP contribution in [0.3, 0.4) is 0 Å². The van der Waals surface area contributed by atoms with E-state index in [1.165, 1.54) is 14.2 Å². The zero-order valence-electron chi connectivity index (χ0n) is 11.1. The number of anilines is 1. The van der Waals surface area contributed by atoms with Gasteiger partial charge in [0.25, 0.3) is 0 Å². The number of esters is 2. The molecule has 0 spiro atoms. The molecule has 0 aliphatic carbocycles. The average Bonchev–Trinajstić information content (AvgIpc) is 2.45. The minimum absolute atomic E-state index is 0.368. The lowest BCUT2D eigenvalue weighted by Crippen LogP contribution is -2.52. The molecular formula is C13H16N2O4. The molecule has 1 aliphatic heterocycles. The van der Waals surface area contributed by atoms with Crippen LogP contribution in [-0.4, -0.2) is 44.2 Å². The smallest absolute Gasteiger partial charge is 0.329 e. The van der Waals surface area contributed by atoms with Crippen molar-refractivity contribution in [2.75, 3.05) is 26.2 Å². The Morgan fingerprint density at radius 2 is 2.00 bits per heavy atom. The number of hydrogen-bond acceptors (Lipinski definition) is 6. The Balaban J connectivity index is 2.44. The number of pyridine rings is 1. The van der Waals surface area contributed by atoms with Gasteiger partial charge in [-0.1, -0.05) is 0 Å². The lowest BCUT2D eigenvalue weighted by Gasteiger charge is -2.37. The summed E-state index contributed by atoms with van der Waals surface area (Å²) in [5, 5.41) is 0. The molecule has 6 nitrogen and oxygen atoms in total. The number of fused-ring (bicyclic) bond motifs is 1. The molecule has 0 N–H and O–H groups in total. The van der Waals surface area contributed by atoms with E-state index in [-0.39, 0.29) is 0 Å². The van der Waals surface area contributed by atoms with E-state index < -0.39 is 23.9 Å². The highest BCUT2D eigenvalue weighted by Gasteiger charge is 2.43. The van der Waals surface area contributed by atoms with Crippen LogP contribution >= 0.6 is 0 Å². The number of likely N-dealkylation sites (N-methyl/N-ethyl adjacent to an activating group) is 1. The Labute approximate surface area is 111 Å². The topological polar surface area (TPSA) is 68.7 Å². The molecule has 0 radical (unpaired) electrons. The first-order valence-electron chi connectivity index (χ1n) is 5.92. The lowest BCUT2D eigenvalue weighted by atomic mass is 9.88. The Bertz CT molecular complexity index is 503.